The highest BCUT2D eigenvalue weighted by atomic mass is 79.9. The van der Waals surface area contributed by atoms with Crippen molar-refractivity contribution in [1.82, 2.24) is 15.5 Å². The van der Waals surface area contributed by atoms with Crippen molar-refractivity contribution < 1.29 is 4.79 Å². The van der Waals surface area contributed by atoms with Crippen LogP contribution in [0.4, 0.5) is 0 Å². The number of aromatic nitrogens is 2. The van der Waals surface area contributed by atoms with Crippen molar-refractivity contribution in [2.24, 2.45) is 0 Å². The van der Waals surface area contributed by atoms with E-state index in [0.717, 1.165) is 18.2 Å². The van der Waals surface area contributed by atoms with Crippen molar-refractivity contribution >= 4 is 21.8 Å². The van der Waals surface area contributed by atoms with Gasteiger partial charge >= 0.3 is 0 Å². The SMILES string of the molecule is CCC(C)(CCBr)NC(=O)c1ccc(=O)[nH]n1. The first-order valence-corrected chi connectivity index (χ1v) is 6.57. The number of carbonyl (C=O) groups excluding carboxylic acids is 1. The number of aromatic amines is 1. The molecule has 0 aliphatic carbocycles. The van der Waals surface area contributed by atoms with E-state index in [1.807, 2.05) is 13.8 Å². The van der Waals surface area contributed by atoms with Crippen LogP contribution in [0.2, 0.25) is 0 Å². The van der Waals surface area contributed by atoms with E-state index in [9.17, 15) is 9.59 Å². The minimum Gasteiger partial charge on any atom is -0.345 e. The van der Waals surface area contributed by atoms with Crippen LogP contribution in [0.3, 0.4) is 0 Å². The second-order valence-corrected chi connectivity index (χ2v) is 4.91. The maximum absolute atomic E-state index is 11.9. The van der Waals surface area contributed by atoms with Crippen molar-refractivity contribution in [3.05, 3.63) is 28.2 Å². The number of rotatable bonds is 5. The van der Waals surface area contributed by atoms with Gasteiger partial charge in [0.15, 0.2) is 0 Å². The second kappa shape index (κ2) is 5.95. The molecule has 0 aliphatic heterocycles. The van der Waals surface area contributed by atoms with Crippen LogP contribution in [0.5, 0.6) is 0 Å². The van der Waals surface area contributed by atoms with Crippen LogP contribution in [-0.4, -0.2) is 27.0 Å². The van der Waals surface area contributed by atoms with Crippen LogP contribution in [0.15, 0.2) is 16.9 Å². The quantitative estimate of drug-likeness (QED) is 0.809. The molecule has 1 aromatic heterocycles. The summed E-state index contributed by atoms with van der Waals surface area (Å²) in [6, 6.07) is 2.70. The molecule has 0 fully saturated rings. The van der Waals surface area contributed by atoms with Crippen LogP contribution in [-0.2, 0) is 0 Å². The number of halogens is 1. The van der Waals surface area contributed by atoms with Crippen molar-refractivity contribution in [3.63, 3.8) is 0 Å². The van der Waals surface area contributed by atoms with E-state index in [2.05, 4.69) is 31.4 Å². The second-order valence-electron chi connectivity index (χ2n) is 4.11. The van der Waals surface area contributed by atoms with Gasteiger partial charge in [0.2, 0.25) is 0 Å². The van der Waals surface area contributed by atoms with E-state index >= 15 is 0 Å². The number of nitrogens with one attached hydrogen (secondary N) is 2. The van der Waals surface area contributed by atoms with Crippen molar-refractivity contribution in [3.8, 4) is 0 Å². The van der Waals surface area contributed by atoms with Crippen LogP contribution in [0, 0.1) is 0 Å². The highest BCUT2D eigenvalue weighted by molar-refractivity contribution is 9.09. The number of nitrogens with zero attached hydrogens (tertiary/aromatic N) is 1. The molecule has 6 heteroatoms. The molecule has 1 aromatic rings. The Hall–Kier alpha value is -1.17. The van der Waals surface area contributed by atoms with Crippen LogP contribution >= 0.6 is 15.9 Å². The third-order valence-electron chi connectivity index (χ3n) is 2.75. The van der Waals surface area contributed by atoms with E-state index in [4.69, 9.17) is 0 Å². The number of amides is 1. The molecule has 0 aliphatic rings. The first-order chi connectivity index (χ1) is 8.00. The molecule has 0 radical (unpaired) electrons. The monoisotopic (exact) mass is 301 g/mol. The summed E-state index contributed by atoms with van der Waals surface area (Å²) in [6.07, 6.45) is 1.66. The molecule has 1 unspecified atom stereocenters. The molecule has 2 N–H and O–H groups in total. The van der Waals surface area contributed by atoms with Gasteiger partial charge in [0.25, 0.3) is 11.5 Å². The minimum atomic E-state index is -0.319. The Morgan fingerprint density at radius 1 is 1.59 bits per heavy atom. The van der Waals surface area contributed by atoms with Gasteiger partial charge in [0, 0.05) is 16.9 Å². The molecule has 1 heterocycles. The molecular weight excluding hydrogens is 286 g/mol. The predicted octanol–water partition coefficient (Wildman–Crippen LogP) is 1.45. The summed E-state index contributed by atoms with van der Waals surface area (Å²) in [6.45, 7) is 4.00. The van der Waals surface area contributed by atoms with Gasteiger partial charge in [-0.25, -0.2) is 5.10 Å². The Morgan fingerprint density at radius 3 is 2.76 bits per heavy atom. The average molecular weight is 302 g/mol. The van der Waals surface area contributed by atoms with Crippen molar-refractivity contribution in [2.75, 3.05) is 5.33 Å². The number of hydrogen-bond acceptors (Lipinski definition) is 3. The molecule has 1 atom stereocenters. The van der Waals surface area contributed by atoms with Crippen molar-refractivity contribution in [1.29, 1.82) is 0 Å². The van der Waals surface area contributed by atoms with E-state index in [1.54, 1.807) is 0 Å². The molecule has 5 nitrogen and oxygen atoms in total. The van der Waals surface area contributed by atoms with E-state index in [1.165, 1.54) is 12.1 Å². The van der Waals surface area contributed by atoms with E-state index < -0.39 is 0 Å². The zero-order valence-electron chi connectivity index (χ0n) is 9.92. The fraction of sp³-hybridized carbons (Fsp3) is 0.545. The predicted molar refractivity (Wildman–Crippen MR) is 69.4 cm³/mol. The molecule has 17 heavy (non-hydrogen) atoms. The van der Waals surface area contributed by atoms with Crippen LogP contribution in [0.1, 0.15) is 37.2 Å². The third-order valence-corrected chi connectivity index (χ3v) is 3.15. The zero-order valence-corrected chi connectivity index (χ0v) is 11.5. The minimum absolute atomic E-state index is 0.221. The van der Waals surface area contributed by atoms with Crippen molar-refractivity contribution in [2.45, 2.75) is 32.2 Å². The van der Waals surface area contributed by atoms with Gasteiger partial charge in [0.1, 0.15) is 5.69 Å². The Kier molecular flexibility index (Phi) is 4.86. The van der Waals surface area contributed by atoms with Gasteiger partial charge in [-0.1, -0.05) is 22.9 Å². The zero-order chi connectivity index (χ0) is 12.9. The number of carbonyl (C=O) groups is 1. The summed E-state index contributed by atoms with van der Waals surface area (Å²) in [4.78, 5) is 22.7. The van der Waals surface area contributed by atoms with Crippen LogP contribution in [0.25, 0.3) is 0 Å². The average Bonchev–Trinajstić information content (AvgIpc) is 2.30. The lowest BCUT2D eigenvalue weighted by Gasteiger charge is -2.28. The van der Waals surface area contributed by atoms with Gasteiger partial charge in [-0.3, -0.25) is 9.59 Å². The molecule has 94 valence electrons. The lowest BCUT2D eigenvalue weighted by atomic mass is 9.95. The highest BCUT2D eigenvalue weighted by Gasteiger charge is 2.24. The summed E-state index contributed by atoms with van der Waals surface area (Å²) >= 11 is 3.37. The molecule has 0 saturated carbocycles. The van der Waals surface area contributed by atoms with E-state index in [0.29, 0.717) is 0 Å². The number of H-pyrrole nitrogens is 1. The standard InChI is InChI=1S/C11H16BrN3O2/c1-3-11(2,6-7-12)13-10(17)8-4-5-9(16)15-14-8/h4-5H,3,6-7H2,1-2H3,(H,13,17)(H,15,16). The van der Waals surface area contributed by atoms with E-state index in [-0.39, 0.29) is 22.7 Å². The largest absolute Gasteiger partial charge is 0.345 e. The number of alkyl halides is 1. The first kappa shape index (κ1) is 13.9. The van der Waals surface area contributed by atoms with Gasteiger partial charge in [-0.05, 0) is 25.8 Å². The Bertz CT molecular complexity index is 426. The first-order valence-electron chi connectivity index (χ1n) is 5.45. The summed E-state index contributed by atoms with van der Waals surface area (Å²) in [5, 5.41) is 9.68. The van der Waals surface area contributed by atoms with Gasteiger partial charge in [-0.15, -0.1) is 0 Å². The van der Waals surface area contributed by atoms with Crippen LogP contribution < -0.4 is 10.9 Å². The Balaban J connectivity index is 2.77. The fourth-order valence-electron chi connectivity index (χ4n) is 1.35. The fourth-order valence-corrected chi connectivity index (χ4v) is 2.22. The Morgan fingerprint density at radius 2 is 2.29 bits per heavy atom. The molecule has 1 amide bonds. The molecular formula is C11H16BrN3O2. The summed E-state index contributed by atoms with van der Waals surface area (Å²) < 4.78 is 0. The maximum Gasteiger partial charge on any atom is 0.272 e. The topological polar surface area (TPSA) is 74.8 Å². The van der Waals surface area contributed by atoms with Gasteiger partial charge in [-0.2, -0.15) is 5.10 Å². The number of hydrogen-bond donors (Lipinski definition) is 2. The summed E-state index contributed by atoms with van der Waals surface area (Å²) in [7, 11) is 0. The molecule has 0 bridgehead atoms. The Labute approximate surface area is 108 Å². The molecule has 0 spiro atoms. The lowest BCUT2D eigenvalue weighted by Crippen LogP contribution is -2.46. The smallest absolute Gasteiger partial charge is 0.272 e. The maximum atomic E-state index is 11.9. The lowest BCUT2D eigenvalue weighted by molar-refractivity contribution is 0.0895. The highest BCUT2D eigenvalue weighted by Crippen LogP contribution is 2.16. The summed E-state index contributed by atoms with van der Waals surface area (Å²) in [5.41, 5.74) is -0.364. The molecule has 1 rings (SSSR count). The summed E-state index contributed by atoms with van der Waals surface area (Å²) in [5.74, 6) is -0.272. The normalized spacial score (nSPS) is 14.1. The molecule has 0 saturated heterocycles. The van der Waals surface area contributed by atoms with Gasteiger partial charge < -0.3 is 5.32 Å². The molecule has 0 aromatic carbocycles. The third kappa shape index (κ3) is 3.96. The van der Waals surface area contributed by atoms with Gasteiger partial charge in [0.05, 0.1) is 0 Å².